The third kappa shape index (κ3) is 3.18. The standard InChI is InChI=1S/C20H22N4/c1-15-7-10-20-17(11-15)8-9-18(22-20)12-19-13-21-23-24(19)14-16-5-3-2-4-6-16/h2-7,10-11,13,18,22H,8-9,12,14H2,1H3. The lowest BCUT2D eigenvalue weighted by atomic mass is 9.94. The lowest BCUT2D eigenvalue weighted by Gasteiger charge is -2.27. The van der Waals surface area contributed by atoms with Crippen LogP contribution in [0, 0.1) is 6.92 Å². The van der Waals surface area contributed by atoms with Gasteiger partial charge in [-0.1, -0.05) is 53.2 Å². The molecule has 1 unspecified atom stereocenters. The summed E-state index contributed by atoms with van der Waals surface area (Å²) in [6.45, 7) is 2.93. The number of aryl methyl sites for hydroxylation is 2. The van der Waals surface area contributed by atoms with Crippen LogP contribution >= 0.6 is 0 Å². The molecule has 0 amide bonds. The van der Waals surface area contributed by atoms with Crippen LogP contribution in [0.15, 0.2) is 54.7 Å². The van der Waals surface area contributed by atoms with Crippen molar-refractivity contribution in [1.29, 1.82) is 0 Å². The van der Waals surface area contributed by atoms with Gasteiger partial charge in [0.2, 0.25) is 0 Å². The van der Waals surface area contributed by atoms with Crippen molar-refractivity contribution in [1.82, 2.24) is 15.0 Å². The molecule has 0 spiro atoms. The summed E-state index contributed by atoms with van der Waals surface area (Å²) in [5.74, 6) is 0. The Morgan fingerprint density at radius 2 is 2.04 bits per heavy atom. The van der Waals surface area contributed by atoms with E-state index in [0.29, 0.717) is 6.04 Å². The average Bonchev–Trinajstić information content (AvgIpc) is 3.03. The largest absolute Gasteiger partial charge is 0.382 e. The molecule has 0 radical (unpaired) electrons. The zero-order valence-corrected chi connectivity index (χ0v) is 13.9. The van der Waals surface area contributed by atoms with Crippen LogP contribution in [0.4, 0.5) is 5.69 Å². The number of aromatic nitrogens is 3. The maximum absolute atomic E-state index is 4.27. The van der Waals surface area contributed by atoms with Gasteiger partial charge in [0.05, 0.1) is 18.4 Å². The van der Waals surface area contributed by atoms with E-state index in [9.17, 15) is 0 Å². The molecule has 0 aliphatic carbocycles. The Morgan fingerprint density at radius 1 is 1.17 bits per heavy atom. The van der Waals surface area contributed by atoms with Gasteiger partial charge in [-0.05, 0) is 37.0 Å². The first kappa shape index (κ1) is 14.9. The third-order valence-electron chi connectivity index (χ3n) is 4.71. The predicted molar refractivity (Wildman–Crippen MR) is 96.2 cm³/mol. The van der Waals surface area contributed by atoms with E-state index in [0.717, 1.165) is 25.8 Å². The topological polar surface area (TPSA) is 42.7 Å². The lowest BCUT2D eigenvalue weighted by Crippen LogP contribution is -2.28. The normalized spacial score (nSPS) is 16.5. The summed E-state index contributed by atoms with van der Waals surface area (Å²) in [7, 11) is 0. The molecule has 1 atom stereocenters. The fraction of sp³-hybridized carbons (Fsp3) is 0.300. The van der Waals surface area contributed by atoms with Crippen molar-refractivity contribution in [2.45, 2.75) is 38.8 Å². The second-order valence-electron chi connectivity index (χ2n) is 6.61. The number of anilines is 1. The SMILES string of the molecule is Cc1ccc2c(c1)CCC(Cc1cnnn1Cc1ccccc1)N2. The third-order valence-corrected chi connectivity index (χ3v) is 4.71. The molecule has 4 heteroatoms. The van der Waals surface area contributed by atoms with Crippen molar-refractivity contribution in [2.24, 2.45) is 0 Å². The van der Waals surface area contributed by atoms with E-state index < -0.39 is 0 Å². The minimum atomic E-state index is 0.438. The van der Waals surface area contributed by atoms with Crippen LogP contribution in [-0.4, -0.2) is 21.0 Å². The molecule has 4 nitrogen and oxygen atoms in total. The van der Waals surface area contributed by atoms with Gasteiger partial charge < -0.3 is 5.32 Å². The van der Waals surface area contributed by atoms with Crippen LogP contribution in [-0.2, 0) is 19.4 Å². The number of hydrogen-bond donors (Lipinski definition) is 1. The summed E-state index contributed by atoms with van der Waals surface area (Å²) >= 11 is 0. The van der Waals surface area contributed by atoms with Crippen molar-refractivity contribution in [2.75, 3.05) is 5.32 Å². The van der Waals surface area contributed by atoms with Gasteiger partial charge >= 0.3 is 0 Å². The first-order valence-electron chi connectivity index (χ1n) is 8.55. The molecule has 4 rings (SSSR count). The highest BCUT2D eigenvalue weighted by Crippen LogP contribution is 2.27. The van der Waals surface area contributed by atoms with E-state index in [4.69, 9.17) is 0 Å². The van der Waals surface area contributed by atoms with Gasteiger partial charge in [0.15, 0.2) is 0 Å². The van der Waals surface area contributed by atoms with Gasteiger partial charge in [0.1, 0.15) is 0 Å². The fourth-order valence-corrected chi connectivity index (χ4v) is 3.42. The maximum Gasteiger partial charge on any atom is 0.0726 e. The molecule has 1 aromatic heterocycles. The molecule has 24 heavy (non-hydrogen) atoms. The molecular weight excluding hydrogens is 296 g/mol. The second-order valence-corrected chi connectivity index (χ2v) is 6.61. The van der Waals surface area contributed by atoms with Gasteiger partial charge in [-0.15, -0.1) is 5.10 Å². The molecule has 1 aliphatic heterocycles. The number of fused-ring (bicyclic) bond motifs is 1. The van der Waals surface area contributed by atoms with Crippen LogP contribution in [0.5, 0.6) is 0 Å². The fourth-order valence-electron chi connectivity index (χ4n) is 3.42. The molecule has 122 valence electrons. The zero-order valence-electron chi connectivity index (χ0n) is 13.9. The first-order valence-corrected chi connectivity index (χ1v) is 8.55. The number of hydrogen-bond acceptors (Lipinski definition) is 3. The van der Waals surface area contributed by atoms with Crippen LogP contribution in [0.25, 0.3) is 0 Å². The van der Waals surface area contributed by atoms with E-state index in [1.54, 1.807) is 0 Å². The van der Waals surface area contributed by atoms with E-state index in [1.165, 1.54) is 28.1 Å². The van der Waals surface area contributed by atoms with E-state index in [-0.39, 0.29) is 0 Å². The smallest absolute Gasteiger partial charge is 0.0726 e. The van der Waals surface area contributed by atoms with Gasteiger partial charge in [-0.3, -0.25) is 0 Å². The molecule has 1 aliphatic rings. The van der Waals surface area contributed by atoms with Crippen molar-refractivity contribution >= 4 is 5.69 Å². The Balaban J connectivity index is 1.47. The Labute approximate surface area is 142 Å². The number of benzene rings is 2. The molecule has 0 saturated heterocycles. The molecule has 2 heterocycles. The molecule has 0 bridgehead atoms. The number of nitrogens with one attached hydrogen (secondary N) is 1. The van der Waals surface area contributed by atoms with Crippen molar-refractivity contribution in [3.8, 4) is 0 Å². The van der Waals surface area contributed by atoms with Gasteiger partial charge in [-0.2, -0.15) is 0 Å². The minimum Gasteiger partial charge on any atom is -0.382 e. The molecular formula is C20H22N4. The maximum atomic E-state index is 4.27. The summed E-state index contributed by atoms with van der Waals surface area (Å²) in [5.41, 5.74) is 6.48. The first-order chi connectivity index (χ1) is 11.8. The summed E-state index contributed by atoms with van der Waals surface area (Å²) in [6, 6.07) is 17.5. The zero-order chi connectivity index (χ0) is 16.4. The molecule has 3 aromatic rings. The molecule has 0 saturated carbocycles. The van der Waals surface area contributed by atoms with Crippen LogP contribution < -0.4 is 5.32 Å². The van der Waals surface area contributed by atoms with Gasteiger partial charge in [-0.25, -0.2) is 4.68 Å². The van der Waals surface area contributed by atoms with Crippen molar-refractivity contribution in [3.63, 3.8) is 0 Å². The Morgan fingerprint density at radius 3 is 2.92 bits per heavy atom. The number of nitrogens with zero attached hydrogens (tertiary/aromatic N) is 3. The molecule has 2 aromatic carbocycles. The second kappa shape index (κ2) is 6.48. The van der Waals surface area contributed by atoms with E-state index >= 15 is 0 Å². The predicted octanol–water partition coefficient (Wildman–Crippen LogP) is 3.60. The minimum absolute atomic E-state index is 0.438. The van der Waals surface area contributed by atoms with Gasteiger partial charge in [0, 0.05) is 18.2 Å². The van der Waals surface area contributed by atoms with Crippen molar-refractivity contribution < 1.29 is 0 Å². The highest BCUT2D eigenvalue weighted by Gasteiger charge is 2.19. The van der Waals surface area contributed by atoms with E-state index in [1.807, 2.05) is 16.9 Å². The summed E-state index contributed by atoms with van der Waals surface area (Å²) < 4.78 is 2.02. The molecule has 0 fully saturated rings. The van der Waals surface area contributed by atoms with Crippen LogP contribution in [0.2, 0.25) is 0 Å². The van der Waals surface area contributed by atoms with E-state index in [2.05, 4.69) is 65.0 Å². The average molecular weight is 318 g/mol. The quantitative estimate of drug-likeness (QED) is 0.799. The Kier molecular flexibility index (Phi) is 4.03. The highest BCUT2D eigenvalue weighted by atomic mass is 15.4. The highest BCUT2D eigenvalue weighted by molar-refractivity contribution is 5.55. The Hall–Kier alpha value is -2.62. The van der Waals surface area contributed by atoms with Gasteiger partial charge in [0.25, 0.3) is 0 Å². The van der Waals surface area contributed by atoms with Crippen molar-refractivity contribution in [3.05, 3.63) is 77.1 Å². The van der Waals surface area contributed by atoms with Crippen LogP contribution in [0.1, 0.15) is 28.8 Å². The molecule has 1 N–H and O–H groups in total. The summed E-state index contributed by atoms with van der Waals surface area (Å²) in [5, 5.41) is 12.1. The Bertz CT molecular complexity index is 823. The summed E-state index contributed by atoms with van der Waals surface area (Å²) in [4.78, 5) is 0. The monoisotopic (exact) mass is 318 g/mol. The van der Waals surface area contributed by atoms with Crippen LogP contribution in [0.3, 0.4) is 0 Å². The number of rotatable bonds is 4. The summed E-state index contributed by atoms with van der Waals surface area (Å²) in [6.07, 6.45) is 5.13. The lowest BCUT2D eigenvalue weighted by molar-refractivity contribution is 0.568.